The maximum absolute atomic E-state index is 13.0. The van der Waals surface area contributed by atoms with Gasteiger partial charge in [0, 0.05) is 31.1 Å². The highest BCUT2D eigenvalue weighted by molar-refractivity contribution is 5.95. The molecule has 0 spiro atoms. The molecule has 148 valence electrons. The number of nitrogens with one attached hydrogen (secondary N) is 1. The first kappa shape index (κ1) is 19.9. The lowest BCUT2D eigenvalue weighted by molar-refractivity contribution is -0.123. The van der Waals surface area contributed by atoms with Crippen molar-refractivity contribution in [3.05, 3.63) is 59.9 Å². The zero-order valence-electron chi connectivity index (χ0n) is 16.2. The lowest BCUT2D eigenvalue weighted by Crippen LogP contribution is -2.34. The van der Waals surface area contributed by atoms with Gasteiger partial charge in [-0.25, -0.2) is 4.39 Å². The summed E-state index contributed by atoms with van der Waals surface area (Å²) in [5.74, 6) is 0.539. The van der Waals surface area contributed by atoms with Gasteiger partial charge in [0.15, 0.2) is 6.61 Å². The molecule has 1 N–H and O–H groups in total. The average Bonchev–Trinajstić information content (AvgIpc) is 3.06. The molecule has 2 aromatic rings. The van der Waals surface area contributed by atoms with Crippen molar-refractivity contribution in [2.24, 2.45) is 5.92 Å². The molecule has 6 heteroatoms. The minimum atomic E-state index is -0.335. The first-order valence-corrected chi connectivity index (χ1v) is 9.47. The van der Waals surface area contributed by atoms with E-state index in [-0.39, 0.29) is 30.2 Å². The molecule has 0 radical (unpaired) electrons. The molecule has 2 amide bonds. The number of nitrogens with zero attached hydrogens (tertiary/aromatic N) is 1. The summed E-state index contributed by atoms with van der Waals surface area (Å²) in [6.07, 6.45) is 0.356. The van der Waals surface area contributed by atoms with Crippen molar-refractivity contribution in [1.29, 1.82) is 0 Å². The van der Waals surface area contributed by atoms with Crippen molar-refractivity contribution in [2.45, 2.75) is 26.2 Å². The zero-order valence-corrected chi connectivity index (χ0v) is 16.2. The van der Waals surface area contributed by atoms with Gasteiger partial charge in [-0.2, -0.15) is 0 Å². The largest absolute Gasteiger partial charge is 0.484 e. The van der Waals surface area contributed by atoms with Crippen LogP contribution in [0.15, 0.2) is 48.5 Å². The van der Waals surface area contributed by atoms with Gasteiger partial charge in [0.2, 0.25) is 5.91 Å². The van der Waals surface area contributed by atoms with Crippen LogP contribution in [0.2, 0.25) is 0 Å². The predicted molar refractivity (Wildman–Crippen MR) is 106 cm³/mol. The Morgan fingerprint density at radius 1 is 1.18 bits per heavy atom. The monoisotopic (exact) mass is 384 g/mol. The molecule has 0 aliphatic carbocycles. The number of hydrogen-bond donors (Lipinski definition) is 1. The summed E-state index contributed by atoms with van der Waals surface area (Å²) >= 11 is 0. The van der Waals surface area contributed by atoms with Crippen LogP contribution in [-0.4, -0.2) is 31.5 Å². The Morgan fingerprint density at radius 2 is 1.86 bits per heavy atom. The van der Waals surface area contributed by atoms with Crippen molar-refractivity contribution < 1.29 is 18.7 Å². The molecule has 1 aliphatic rings. The number of hydrogen-bond acceptors (Lipinski definition) is 3. The molecule has 0 bridgehead atoms. The number of rotatable bonds is 7. The summed E-state index contributed by atoms with van der Waals surface area (Å²) in [6, 6.07) is 13.6. The molecule has 3 rings (SSSR count). The zero-order chi connectivity index (χ0) is 20.1. The standard InChI is InChI=1S/C22H25FN2O3/c1-15(2)17-3-9-20(10-4-17)28-14-21(26)24-12-16-11-22(27)25(13-16)19-7-5-18(23)6-8-19/h3-10,15-16H,11-14H2,1-2H3,(H,24,26). The van der Waals surface area contributed by atoms with E-state index in [0.717, 1.165) is 0 Å². The van der Waals surface area contributed by atoms with Gasteiger partial charge in [0.25, 0.3) is 5.91 Å². The minimum Gasteiger partial charge on any atom is -0.484 e. The Bertz CT molecular complexity index is 819. The van der Waals surface area contributed by atoms with Gasteiger partial charge in [0.05, 0.1) is 0 Å². The molecule has 0 aromatic heterocycles. The maximum Gasteiger partial charge on any atom is 0.257 e. The van der Waals surface area contributed by atoms with Crippen molar-refractivity contribution in [3.63, 3.8) is 0 Å². The fraction of sp³-hybridized carbons (Fsp3) is 0.364. The van der Waals surface area contributed by atoms with Crippen LogP contribution < -0.4 is 15.0 Å². The van der Waals surface area contributed by atoms with Crippen LogP contribution in [0.4, 0.5) is 10.1 Å². The first-order valence-electron chi connectivity index (χ1n) is 9.47. The van der Waals surface area contributed by atoms with Crippen molar-refractivity contribution >= 4 is 17.5 Å². The van der Waals surface area contributed by atoms with Gasteiger partial charge in [-0.3, -0.25) is 9.59 Å². The third-order valence-electron chi connectivity index (χ3n) is 4.85. The van der Waals surface area contributed by atoms with Gasteiger partial charge in [-0.05, 0) is 47.9 Å². The van der Waals surface area contributed by atoms with E-state index in [9.17, 15) is 14.0 Å². The van der Waals surface area contributed by atoms with E-state index in [4.69, 9.17) is 4.74 Å². The van der Waals surface area contributed by atoms with E-state index in [1.165, 1.54) is 17.7 Å². The van der Waals surface area contributed by atoms with Crippen LogP contribution in [0.1, 0.15) is 31.7 Å². The van der Waals surface area contributed by atoms with Gasteiger partial charge < -0.3 is 15.0 Å². The predicted octanol–water partition coefficient (Wildman–Crippen LogP) is 3.50. The third kappa shape index (κ3) is 5.09. The van der Waals surface area contributed by atoms with E-state index < -0.39 is 0 Å². The molecule has 1 heterocycles. The van der Waals surface area contributed by atoms with E-state index in [1.54, 1.807) is 17.0 Å². The van der Waals surface area contributed by atoms with Crippen LogP contribution in [0.3, 0.4) is 0 Å². The SMILES string of the molecule is CC(C)c1ccc(OCC(=O)NCC2CC(=O)N(c3ccc(F)cc3)C2)cc1. The molecule has 28 heavy (non-hydrogen) atoms. The molecular formula is C22H25FN2O3. The van der Waals surface area contributed by atoms with E-state index in [2.05, 4.69) is 19.2 Å². The van der Waals surface area contributed by atoms with Crippen molar-refractivity contribution in [1.82, 2.24) is 5.32 Å². The molecule has 5 nitrogen and oxygen atoms in total. The van der Waals surface area contributed by atoms with Gasteiger partial charge in [0.1, 0.15) is 11.6 Å². The van der Waals surface area contributed by atoms with Gasteiger partial charge >= 0.3 is 0 Å². The number of amides is 2. The quantitative estimate of drug-likeness (QED) is 0.795. The van der Waals surface area contributed by atoms with Crippen molar-refractivity contribution in [2.75, 3.05) is 24.6 Å². The molecule has 0 saturated carbocycles. The number of carbonyl (C=O) groups excluding carboxylic acids is 2. The summed E-state index contributed by atoms with van der Waals surface area (Å²) in [4.78, 5) is 25.9. The molecule has 1 saturated heterocycles. The minimum absolute atomic E-state index is 0.0202. The second-order valence-corrected chi connectivity index (χ2v) is 7.37. The van der Waals surface area contributed by atoms with Crippen LogP contribution in [0, 0.1) is 11.7 Å². The van der Waals surface area contributed by atoms with Gasteiger partial charge in [-0.15, -0.1) is 0 Å². The second kappa shape index (κ2) is 8.87. The summed E-state index contributed by atoms with van der Waals surface area (Å²) in [7, 11) is 0. The van der Waals surface area contributed by atoms with Crippen LogP contribution in [0.25, 0.3) is 0 Å². The lowest BCUT2D eigenvalue weighted by Gasteiger charge is -2.17. The topological polar surface area (TPSA) is 58.6 Å². The number of carbonyl (C=O) groups is 2. The summed E-state index contributed by atoms with van der Waals surface area (Å²) in [6.45, 7) is 5.08. The Balaban J connectivity index is 1.43. The average molecular weight is 384 g/mol. The molecule has 1 atom stereocenters. The third-order valence-corrected chi connectivity index (χ3v) is 4.85. The molecular weight excluding hydrogens is 359 g/mol. The molecule has 2 aromatic carbocycles. The summed E-state index contributed by atoms with van der Waals surface area (Å²) in [5, 5.41) is 2.82. The lowest BCUT2D eigenvalue weighted by atomic mass is 10.0. The summed E-state index contributed by atoms with van der Waals surface area (Å²) in [5.41, 5.74) is 1.89. The molecule has 1 unspecified atom stereocenters. The fourth-order valence-corrected chi connectivity index (χ4v) is 3.20. The van der Waals surface area contributed by atoms with E-state index in [1.807, 2.05) is 24.3 Å². The van der Waals surface area contributed by atoms with E-state index in [0.29, 0.717) is 36.9 Å². The summed E-state index contributed by atoms with van der Waals surface area (Å²) < 4.78 is 18.6. The second-order valence-electron chi connectivity index (χ2n) is 7.37. The molecule has 1 aliphatic heterocycles. The Labute approximate surface area is 164 Å². The van der Waals surface area contributed by atoms with Crippen molar-refractivity contribution in [3.8, 4) is 5.75 Å². The Hall–Kier alpha value is -2.89. The first-order chi connectivity index (χ1) is 13.4. The Morgan fingerprint density at radius 3 is 2.50 bits per heavy atom. The maximum atomic E-state index is 13.0. The normalized spacial score (nSPS) is 16.5. The van der Waals surface area contributed by atoms with E-state index >= 15 is 0 Å². The van der Waals surface area contributed by atoms with Crippen LogP contribution in [0.5, 0.6) is 5.75 Å². The highest BCUT2D eigenvalue weighted by Crippen LogP contribution is 2.25. The van der Waals surface area contributed by atoms with Crippen LogP contribution in [-0.2, 0) is 9.59 Å². The number of anilines is 1. The highest BCUT2D eigenvalue weighted by Gasteiger charge is 2.30. The van der Waals surface area contributed by atoms with Crippen LogP contribution >= 0.6 is 0 Å². The number of halogens is 1. The Kier molecular flexibility index (Phi) is 6.29. The molecule has 1 fully saturated rings. The highest BCUT2D eigenvalue weighted by atomic mass is 19.1. The number of ether oxygens (including phenoxy) is 1. The van der Waals surface area contributed by atoms with Gasteiger partial charge in [-0.1, -0.05) is 26.0 Å². The smallest absolute Gasteiger partial charge is 0.257 e. The fourth-order valence-electron chi connectivity index (χ4n) is 3.20. The number of benzene rings is 2.